The zero-order valence-electron chi connectivity index (χ0n) is 19.0. The molecule has 1 saturated heterocycles. The molecule has 0 spiro atoms. The summed E-state index contributed by atoms with van der Waals surface area (Å²) in [6, 6.07) is 6.13. The molecule has 2 heterocycles. The van der Waals surface area contributed by atoms with Crippen molar-refractivity contribution in [2.24, 2.45) is 4.99 Å². The number of hydrogen-bond acceptors (Lipinski definition) is 3. The van der Waals surface area contributed by atoms with E-state index in [1.165, 1.54) is 26.9 Å². The summed E-state index contributed by atoms with van der Waals surface area (Å²) in [5.41, 5.74) is 3.06. The van der Waals surface area contributed by atoms with Crippen LogP contribution in [0.3, 0.4) is 0 Å². The number of aromatic amines is 1. The van der Waals surface area contributed by atoms with E-state index < -0.39 is 5.54 Å². The van der Waals surface area contributed by atoms with Gasteiger partial charge >= 0.3 is 6.03 Å². The number of guanidine groups is 1. The first-order valence-corrected chi connectivity index (χ1v) is 11.1. The van der Waals surface area contributed by atoms with E-state index in [1.807, 2.05) is 6.92 Å². The number of hydrogen-bond donors (Lipinski definition) is 4. The fraction of sp³-hybridized carbons (Fsp3) is 0.522. The molecular weight excluding hydrogens is 392 g/mol. The molecule has 0 aliphatic carbocycles. The fourth-order valence-corrected chi connectivity index (χ4v) is 3.95. The monoisotopic (exact) mass is 426 g/mol. The lowest BCUT2D eigenvalue weighted by atomic mass is 9.99. The van der Waals surface area contributed by atoms with Gasteiger partial charge in [-0.1, -0.05) is 32.0 Å². The lowest BCUT2D eigenvalue weighted by Crippen LogP contribution is -2.43. The highest BCUT2D eigenvalue weighted by molar-refractivity contribution is 6.06. The molecule has 31 heavy (non-hydrogen) atoms. The predicted octanol–water partition coefficient (Wildman–Crippen LogP) is 2.55. The van der Waals surface area contributed by atoms with Gasteiger partial charge in [0.15, 0.2) is 5.96 Å². The highest BCUT2D eigenvalue weighted by atomic mass is 16.2. The lowest BCUT2D eigenvalue weighted by Gasteiger charge is -2.19. The molecule has 1 unspecified atom stereocenters. The number of nitrogens with zero attached hydrogens (tertiary/aromatic N) is 2. The molecule has 168 valence electrons. The van der Waals surface area contributed by atoms with Crippen LogP contribution in [0.5, 0.6) is 0 Å². The molecule has 1 fully saturated rings. The van der Waals surface area contributed by atoms with Gasteiger partial charge in [-0.25, -0.2) is 4.79 Å². The molecule has 1 aliphatic heterocycles. The van der Waals surface area contributed by atoms with Crippen LogP contribution in [-0.2, 0) is 17.6 Å². The maximum absolute atomic E-state index is 12.4. The summed E-state index contributed by atoms with van der Waals surface area (Å²) in [4.78, 5) is 33.5. The second kappa shape index (κ2) is 9.85. The van der Waals surface area contributed by atoms with Crippen molar-refractivity contribution < 1.29 is 9.59 Å². The van der Waals surface area contributed by atoms with Crippen molar-refractivity contribution in [3.63, 3.8) is 0 Å². The van der Waals surface area contributed by atoms with Crippen LogP contribution < -0.4 is 16.0 Å². The minimum Gasteiger partial charge on any atom is -0.361 e. The summed E-state index contributed by atoms with van der Waals surface area (Å²) >= 11 is 0. The third-order valence-electron chi connectivity index (χ3n) is 6.08. The SMILES string of the molecule is CCc1cccc2c(CCNC(=NC)NCCCN3C(=O)NC(C)(CC)C3=O)c[nH]c12. The van der Waals surface area contributed by atoms with Crippen LogP contribution in [-0.4, -0.2) is 60.0 Å². The Bertz CT molecular complexity index is 966. The molecule has 8 heteroatoms. The van der Waals surface area contributed by atoms with Crippen molar-refractivity contribution in [3.8, 4) is 0 Å². The van der Waals surface area contributed by atoms with E-state index in [4.69, 9.17) is 0 Å². The number of carbonyl (C=O) groups excluding carboxylic acids is 2. The van der Waals surface area contributed by atoms with Crippen LogP contribution in [0.25, 0.3) is 10.9 Å². The van der Waals surface area contributed by atoms with Crippen molar-refractivity contribution >= 4 is 28.8 Å². The molecule has 1 aromatic heterocycles. The summed E-state index contributed by atoms with van der Waals surface area (Å²) in [6.07, 6.45) is 5.21. The number of urea groups is 1. The van der Waals surface area contributed by atoms with Gasteiger partial charge in [0.05, 0.1) is 0 Å². The summed E-state index contributed by atoms with van der Waals surface area (Å²) < 4.78 is 0. The van der Waals surface area contributed by atoms with Crippen molar-refractivity contribution in [1.29, 1.82) is 0 Å². The first-order chi connectivity index (χ1) is 14.9. The Morgan fingerprint density at radius 2 is 1.94 bits per heavy atom. The second-order valence-corrected chi connectivity index (χ2v) is 8.11. The lowest BCUT2D eigenvalue weighted by molar-refractivity contribution is -0.130. The Morgan fingerprint density at radius 1 is 1.16 bits per heavy atom. The van der Waals surface area contributed by atoms with E-state index >= 15 is 0 Å². The number of aryl methyl sites for hydroxylation is 1. The topological polar surface area (TPSA) is 102 Å². The minimum atomic E-state index is -0.775. The Hall–Kier alpha value is -3.03. The summed E-state index contributed by atoms with van der Waals surface area (Å²) in [7, 11) is 1.73. The third kappa shape index (κ3) is 4.84. The maximum Gasteiger partial charge on any atom is 0.325 e. The molecule has 1 aromatic carbocycles. The van der Waals surface area contributed by atoms with E-state index in [9.17, 15) is 9.59 Å². The van der Waals surface area contributed by atoms with E-state index in [1.54, 1.807) is 14.0 Å². The maximum atomic E-state index is 12.4. The molecule has 0 radical (unpaired) electrons. The largest absolute Gasteiger partial charge is 0.361 e. The van der Waals surface area contributed by atoms with Gasteiger partial charge in [0.25, 0.3) is 5.91 Å². The Morgan fingerprint density at radius 3 is 2.61 bits per heavy atom. The van der Waals surface area contributed by atoms with Crippen LogP contribution in [0.1, 0.15) is 44.7 Å². The number of H-pyrrole nitrogens is 1. The first kappa shape index (κ1) is 22.7. The molecule has 4 N–H and O–H groups in total. The number of benzene rings is 1. The molecule has 3 rings (SSSR count). The number of amides is 3. The average molecular weight is 427 g/mol. The highest BCUT2D eigenvalue weighted by Crippen LogP contribution is 2.22. The molecule has 1 aliphatic rings. The number of fused-ring (bicyclic) bond motifs is 1. The Balaban J connectivity index is 1.43. The van der Waals surface area contributed by atoms with E-state index in [0.29, 0.717) is 31.9 Å². The van der Waals surface area contributed by atoms with Crippen molar-refractivity contribution in [1.82, 2.24) is 25.8 Å². The van der Waals surface area contributed by atoms with Gasteiger partial charge in [-0.3, -0.25) is 14.7 Å². The van der Waals surface area contributed by atoms with Crippen LogP contribution in [0.4, 0.5) is 4.79 Å². The molecule has 1 atom stereocenters. The Kier molecular flexibility index (Phi) is 7.20. The number of imide groups is 1. The number of para-hydroxylation sites is 1. The average Bonchev–Trinajstić information content (AvgIpc) is 3.28. The number of nitrogens with one attached hydrogen (secondary N) is 4. The van der Waals surface area contributed by atoms with Gasteiger partial charge in [0.1, 0.15) is 5.54 Å². The first-order valence-electron chi connectivity index (χ1n) is 11.1. The standard InChI is InChI=1S/C23H34N6O2/c1-5-16-9-7-10-18-17(15-27-19(16)18)11-13-26-21(24-4)25-12-8-14-29-20(30)23(3,6-2)28-22(29)31/h7,9-10,15,27H,5-6,8,11-14H2,1-4H3,(H,28,31)(H2,24,25,26). The van der Waals surface area contributed by atoms with Gasteiger partial charge in [-0.05, 0) is 43.7 Å². The summed E-state index contributed by atoms with van der Waals surface area (Å²) in [5, 5.41) is 10.6. The molecular formula is C23H34N6O2. The molecule has 8 nitrogen and oxygen atoms in total. The van der Waals surface area contributed by atoms with Crippen LogP contribution in [0.15, 0.2) is 29.4 Å². The van der Waals surface area contributed by atoms with Crippen molar-refractivity contribution in [2.45, 2.75) is 52.0 Å². The Labute approximate surface area is 183 Å². The number of carbonyl (C=O) groups is 2. The summed E-state index contributed by atoms with van der Waals surface area (Å²) in [6.45, 7) is 7.60. The molecule has 0 bridgehead atoms. The minimum absolute atomic E-state index is 0.146. The third-order valence-corrected chi connectivity index (χ3v) is 6.08. The van der Waals surface area contributed by atoms with Gasteiger partial charge in [0, 0.05) is 43.8 Å². The number of aromatic nitrogens is 1. The molecule has 3 amide bonds. The van der Waals surface area contributed by atoms with Crippen molar-refractivity contribution in [3.05, 3.63) is 35.5 Å². The van der Waals surface area contributed by atoms with Gasteiger partial charge < -0.3 is 20.9 Å². The van der Waals surface area contributed by atoms with E-state index in [2.05, 4.69) is 57.2 Å². The van der Waals surface area contributed by atoms with Crippen molar-refractivity contribution in [2.75, 3.05) is 26.7 Å². The zero-order valence-corrected chi connectivity index (χ0v) is 19.0. The van der Waals surface area contributed by atoms with Gasteiger partial charge in [-0.2, -0.15) is 0 Å². The highest BCUT2D eigenvalue weighted by Gasteiger charge is 2.45. The van der Waals surface area contributed by atoms with Gasteiger partial charge in [0.2, 0.25) is 0 Å². The number of rotatable bonds is 9. The fourth-order valence-electron chi connectivity index (χ4n) is 3.95. The van der Waals surface area contributed by atoms with E-state index in [-0.39, 0.29) is 11.9 Å². The molecule has 0 saturated carbocycles. The van der Waals surface area contributed by atoms with Crippen LogP contribution >= 0.6 is 0 Å². The van der Waals surface area contributed by atoms with Gasteiger partial charge in [-0.15, -0.1) is 0 Å². The smallest absolute Gasteiger partial charge is 0.325 e. The predicted molar refractivity (Wildman–Crippen MR) is 124 cm³/mol. The molecule has 2 aromatic rings. The van der Waals surface area contributed by atoms with Crippen LogP contribution in [0, 0.1) is 0 Å². The van der Waals surface area contributed by atoms with E-state index in [0.717, 1.165) is 19.4 Å². The number of aliphatic imine (C=N–C) groups is 1. The van der Waals surface area contributed by atoms with Crippen LogP contribution in [0.2, 0.25) is 0 Å². The summed E-state index contributed by atoms with van der Waals surface area (Å²) in [5.74, 6) is 0.567. The second-order valence-electron chi connectivity index (χ2n) is 8.11. The zero-order chi connectivity index (χ0) is 22.4. The quantitative estimate of drug-likeness (QED) is 0.214. The normalized spacial score (nSPS) is 19.2.